The molecule has 0 bridgehead atoms. The number of allylic oxidation sites excluding steroid dienone is 2. The molecule has 1 heterocycles. The van der Waals surface area contributed by atoms with E-state index in [1.165, 1.54) is 22.3 Å². The zero-order valence-corrected chi connectivity index (χ0v) is 19.0. The van der Waals surface area contributed by atoms with Crippen molar-refractivity contribution >= 4 is 0 Å². The van der Waals surface area contributed by atoms with E-state index in [0.29, 0.717) is 6.61 Å². The van der Waals surface area contributed by atoms with Crippen molar-refractivity contribution in [2.45, 2.75) is 19.3 Å². The van der Waals surface area contributed by atoms with E-state index in [9.17, 15) is 0 Å². The fourth-order valence-corrected chi connectivity index (χ4v) is 4.29. The van der Waals surface area contributed by atoms with E-state index in [0.717, 1.165) is 45.0 Å². The maximum atomic E-state index is 6.01. The Bertz CT molecular complexity index is 976. The molecule has 1 unspecified atom stereocenters. The van der Waals surface area contributed by atoms with Crippen LogP contribution in [0.25, 0.3) is 0 Å². The van der Waals surface area contributed by atoms with Gasteiger partial charge in [-0.3, -0.25) is 4.90 Å². The standard InChI is InChI=1S/C29H33NO2/c1-2-8-28(29-12-7-6-11-26(29)23-24-9-4-3-5-10-24)25-13-15-27(16-14-25)32-22-19-30-17-20-31-21-18-30/h2-16,28H,17-23H2,1H3. The number of morpholine rings is 1. The molecule has 1 aliphatic rings. The van der Waals surface area contributed by atoms with Gasteiger partial charge in [0, 0.05) is 25.6 Å². The molecule has 0 saturated carbocycles. The third-order valence-electron chi connectivity index (χ3n) is 6.03. The van der Waals surface area contributed by atoms with Gasteiger partial charge in [0.25, 0.3) is 0 Å². The van der Waals surface area contributed by atoms with Crippen LogP contribution in [0.5, 0.6) is 5.75 Å². The topological polar surface area (TPSA) is 21.7 Å². The maximum Gasteiger partial charge on any atom is 0.119 e. The molecule has 3 heteroatoms. The van der Waals surface area contributed by atoms with Gasteiger partial charge in [-0.25, -0.2) is 0 Å². The summed E-state index contributed by atoms with van der Waals surface area (Å²) < 4.78 is 11.4. The second-order valence-electron chi connectivity index (χ2n) is 8.24. The Balaban J connectivity index is 1.46. The lowest BCUT2D eigenvalue weighted by Gasteiger charge is -2.26. The van der Waals surface area contributed by atoms with Crippen molar-refractivity contribution in [2.75, 3.05) is 39.5 Å². The van der Waals surface area contributed by atoms with Gasteiger partial charge in [0.1, 0.15) is 12.4 Å². The quantitative estimate of drug-likeness (QED) is 0.409. The number of rotatable bonds is 9. The van der Waals surface area contributed by atoms with E-state index in [2.05, 4.69) is 103 Å². The van der Waals surface area contributed by atoms with Crippen LogP contribution < -0.4 is 4.74 Å². The van der Waals surface area contributed by atoms with E-state index in [1.54, 1.807) is 0 Å². The lowest BCUT2D eigenvalue weighted by molar-refractivity contribution is 0.0322. The molecule has 0 aromatic heterocycles. The molecule has 166 valence electrons. The van der Waals surface area contributed by atoms with Crippen LogP contribution in [0.4, 0.5) is 0 Å². The molecule has 0 spiro atoms. The molecule has 1 fully saturated rings. The zero-order valence-electron chi connectivity index (χ0n) is 19.0. The minimum atomic E-state index is 0.224. The SMILES string of the molecule is CC=CC(c1ccc(OCCN2CCOCC2)cc1)c1ccccc1Cc1ccccc1. The Hall–Kier alpha value is -2.88. The third-order valence-corrected chi connectivity index (χ3v) is 6.03. The van der Waals surface area contributed by atoms with Crippen molar-refractivity contribution < 1.29 is 9.47 Å². The van der Waals surface area contributed by atoms with Crippen LogP contribution in [0.2, 0.25) is 0 Å². The van der Waals surface area contributed by atoms with E-state index in [1.807, 2.05) is 0 Å². The molecule has 1 aliphatic heterocycles. The van der Waals surface area contributed by atoms with Crippen LogP contribution in [-0.4, -0.2) is 44.4 Å². The van der Waals surface area contributed by atoms with Crippen LogP contribution in [0.3, 0.4) is 0 Å². The molecule has 0 aliphatic carbocycles. The van der Waals surface area contributed by atoms with Crippen molar-refractivity contribution in [3.05, 3.63) is 113 Å². The van der Waals surface area contributed by atoms with Gasteiger partial charge in [0.15, 0.2) is 0 Å². The molecule has 4 rings (SSSR count). The van der Waals surface area contributed by atoms with Gasteiger partial charge in [-0.15, -0.1) is 0 Å². The number of ether oxygens (including phenoxy) is 2. The molecule has 3 aromatic carbocycles. The van der Waals surface area contributed by atoms with Gasteiger partial charge in [0.2, 0.25) is 0 Å². The van der Waals surface area contributed by atoms with Crippen molar-refractivity contribution in [3.63, 3.8) is 0 Å². The maximum absolute atomic E-state index is 6.01. The summed E-state index contributed by atoms with van der Waals surface area (Å²) in [7, 11) is 0. The summed E-state index contributed by atoms with van der Waals surface area (Å²) in [5.74, 6) is 1.15. The Morgan fingerprint density at radius 2 is 1.62 bits per heavy atom. The molecule has 0 N–H and O–H groups in total. The van der Waals surface area contributed by atoms with Crippen LogP contribution in [-0.2, 0) is 11.2 Å². The van der Waals surface area contributed by atoms with Crippen molar-refractivity contribution in [1.82, 2.24) is 4.90 Å². The summed E-state index contributed by atoms with van der Waals surface area (Å²) in [5, 5.41) is 0. The monoisotopic (exact) mass is 427 g/mol. The zero-order chi connectivity index (χ0) is 22.0. The minimum absolute atomic E-state index is 0.224. The fourth-order valence-electron chi connectivity index (χ4n) is 4.29. The fraction of sp³-hybridized carbons (Fsp3) is 0.310. The van der Waals surface area contributed by atoms with Gasteiger partial charge in [-0.05, 0) is 47.7 Å². The van der Waals surface area contributed by atoms with Gasteiger partial charge in [-0.2, -0.15) is 0 Å². The lowest BCUT2D eigenvalue weighted by Crippen LogP contribution is -2.38. The molecule has 3 nitrogen and oxygen atoms in total. The first-order valence-electron chi connectivity index (χ1n) is 11.6. The van der Waals surface area contributed by atoms with E-state index >= 15 is 0 Å². The normalized spacial score (nSPS) is 15.7. The first-order chi connectivity index (χ1) is 15.8. The lowest BCUT2D eigenvalue weighted by atomic mass is 9.86. The van der Waals surface area contributed by atoms with Gasteiger partial charge in [0.05, 0.1) is 13.2 Å². The molecule has 0 radical (unpaired) electrons. The number of hydrogen-bond donors (Lipinski definition) is 0. The molecule has 1 saturated heterocycles. The Morgan fingerprint density at radius 1 is 0.906 bits per heavy atom. The summed E-state index contributed by atoms with van der Waals surface area (Å²) in [5.41, 5.74) is 5.34. The van der Waals surface area contributed by atoms with Crippen molar-refractivity contribution in [2.24, 2.45) is 0 Å². The van der Waals surface area contributed by atoms with E-state index in [-0.39, 0.29) is 5.92 Å². The third kappa shape index (κ3) is 6.09. The average molecular weight is 428 g/mol. The average Bonchev–Trinajstić information content (AvgIpc) is 2.85. The highest BCUT2D eigenvalue weighted by Crippen LogP contribution is 2.31. The molecule has 3 aromatic rings. The van der Waals surface area contributed by atoms with Crippen LogP contribution in [0, 0.1) is 0 Å². The van der Waals surface area contributed by atoms with Gasteiger partial charge < -0.3 is 9.47 Å². The molecular formula is C29H33NO2. The van der Waals surface area contributed by atoms with Crippen molar-refractivity contribution in [3.8, 4) is 5.75 Å². The minimum Gasteiger partial charge on any atom is -0.492 e. The predicted octanol–water partition coefficient (Wildman–Crippen LogP) is 5.70. The van der Waals surface area contributed by atoms with E-state index < -0.39 is 0 Å². The highest BCUT2D eigenvalue weighted by molar-refractivity contribution is 5.44. The number of hydrogen-bond acceptors (Lipinski definition) is 3. The molecular weight excluding hydrogens is 394 g/mol. The molecule has 1 atom stereocenters. The van der Waals surface area contributed by atoms with Gasteiger partial charge >= 0.3 is 0 Å². The molecule has 0 amide bonds. The second kappa shape index (κ2) is 11.7. The second-order valence-corrected chi connectivity index (χ2v) is 8.24. The predicted molar refractivity (Wildman–Crippen MR) is 132 cm³/mol. The summed E-state index contributed by atoms with van der Waals surface area (Å²) in [6, 6.07) is 28.1. The smallest absolute Gasteiger partial charge is 0.119 e. The highest BCUT2D eigenvalue weighted by atomic mass is 16.5. The highest BCUT2D eigenvalue weighted by Gasteiger charge is 2.15. The molecule has 32 heavy (non-hydrogen) atoms. The van der Waals surface area contributed by atoms with Crippen LogP contribution >= 0.6 is 0 Å². The summed E-state index contributed by atoms with van der Waals surface area (Å²) >= 11 is 0. The first-order valence-corrected chi connectivity index (χ1v) is 11.6. The Labute approximate surface area is 192 Å². The largest absolute Gasteiger partial charge is 0.492 e. The van der Waals surface area contributed by atoms with Crippen LogP contribution in [0.1, 0.15) is 35.1 Å². The summed E-state index contributed by atoms with van der Waals surface area (Å²) in [6.45, 7) is 7.39. The number of nitrogens with zero attached hydrogens (tertiary/aromatic N) is 1. The van der Waals surface area contributed by atoms with Gasteiger partial charge in [-0.1, -0.05) is 78.9 Å². The summed E-state index contributed by atoms with van der Waals surface area (Å²) in [4.78, 5) is 2.39. The first kappa shape index (κ1) is 22.3. The van der Waals surface area contributed by atoms with Crippen LogP contribution in [0.15, 0.2) is 91.0 Å². The number of benzene rings is 3. The Morgan fingerprint density at radius 3 is 2.38 bits per heavy atom. The summed E-state index contributed by atoms with van der Waals surface area (Å²) in [6.07, 6.45) is 5.38. The van der Waals surface area contributed by atoms with E-state index in [4.69, 9.17) is 9.47 Å². The Kier molecular flexibility index (Phi) is 8.13. The van der Waals surface area contributed by atoms with Crippen molar-refractivity contribution in [1.29, 1.82) is 0 Å².